The van der Waals surface area contributed by atoms with E-state index in [0.29, 0.717) is 39.3 Å². The first-order chi connectivity index (χ1) is 9.38. The molecule has 0 aromatic rings. The first kappa shape index (κ1) is 16.7. The molecule has 20 heavy (non-hydrogen) atoms. The van der Waals surface area contributed by atoms with Crippen LogP contribution in [0.4, 0.5) is 0 Å². The zero-order chi connectivity index (χ0) is 15.2. The first-order valence-electron chi connectivity index (χ1n) is 6.96. The fourth-order valence-electron chi connectivity index (χ4n) is 2.01. The number of nitrogens with two attached hydrogens (primary N) is 1. The van der Waals surface area contributed by atoms with Gasteiger partial charge in [-0.05, 0) is 19.9 Å². The summed E-state index contributed by atoms with van der Waals surface area (Å²) < 4.78 is 5.23. The highest BCUT2D eigenvalue weighted by Crippen LogP contribution is 2.19. The maximum atomic E-state index is 12.2. The van der Waals surface area contributed by atoms with E-state index in [1.54, 1.807) is 0 Å². The Hall–Kier alpha value is -1.34. The molecule has 4 N–H and O–H groups in total. The van der Waals surface area contributed by atoms with Crippen LogP contribution in [0, 0.1) is 5.41 Å². The van der Waals surface area contributed by atoms with E-state index in [4.69, 9.17) is 15.7 Å². The number of nitrogens with zero attached hydrogens (tertiary/aromatic N) is 2. The van der Waals surface area contributed by atoms with Gasteiger partial charge in [0.2, 0.25) is 5.91 Å². The summed E-state index contributed by atoms with van der Waals surface area (Å²) in [5.74, 6) is 0.293. The number of amidine groups is 1. The van der Waals surface area contributed by atoms with Crippen LogP contribution in [0.1, 0.15) is 27.2 Å². The van der Waals surface area contributed by atoms with E-state index < -0.39 is 5.41 Å². The molecule has 1 aliphatic rings. The standard InChI is InChI=1S/C13H26N4O3/c1-10(11(18)17-6-8-20-9-7-17)15-5-4-13(2,3)12(14)16-19/h10,15,19H,4-9H2,1-3H3,(H2,14,16). The molecule has 1 amide bonds. The fourth-order valence-corrected chi connectivity index (χ4v) is 2.01. The van der Waals surface area contributed by atoms with Gasteiger partial charge < -0.3 is 25.9 Å². The van der Waals surface area contributed by atoms with Crippen LogP contribution in [-0.2, 0) is 9.53 Å². The summed E-state index contributed by atoms with van der Waals surface area (Å²) in [5.41, 5.74) is 5.23. The predicted octanol–water partition coefficient (Wildman–Crippen LogP) is -0.0140. The molecule has 7 nitrogen and oxygen atoms in total. The highest BCUT2D eigenvalue weighted by Gasteiger charge is 2.25. The van der Waals surface area contributed by atoms with Gasteiger partial charge in [0, 0.05) is 18.5 Å². The molecule has 1 fully saturated rings. The number of nitrogens with one attached hydrogen (secondary N) is 1. The second kappa shape index (κ2) is 7.44. The molecule has 1 rings (SSSR count). The average Bonchev–Trinajstić information content (AvgIpc) is 2.46. The SMILES string of the molecule is CC(NCCC(C)(C)C(N)=NO)C(=O)N1CCOCC1. The summed E-state index contributed by atoms with van der Waals surface area (Å²) >= 11 is 0. The van der Waals surface area contributed by atoms with Crippen molar-refractivity contribution in [3.63, 3.8) is 0 Å². The van der Waals surface area contributed by atoms with Crippen LogP contribution in [0.15, 0.2) is 5.16 Å². The summed E-state index contributed by atoms with van der Waals surface area (Å²) in [6.07, 6.45) is 0.684. The van der Waals surface area contributed by atoms with Crippen LogP contribution in [0.5, 0.6) is 0 Å². The molecular formula is C13H26N4O3. The molecule has 1 heterocycles. The van der Waals surface area contributed by atoms with Gasteiger partial charge in [0.15, 0.2) is 0 Å². The van der Waals surface area contributed by atoms with Gasteiger partial charge in [0.1, 0.15) is 5.84 Å². The smallest absolute Gasteiger partial charge is 0.239 e. The second-order valence-corrected chi connectivity index (χ2v) is 5.73. The number of morpholine rings is 1. The maximum Gasteiger partial charge on any atom is 0.239 e. The molecule has 0 aliphatic carbocycles. The Kier molecular flexibility index (Phi) is 6.22. The number of hydrogen-bond donors (Lipinski definition) is 3. The quantitative estimate of drug-likeness (QED) is 0.276. The fraction of sp³-hybridized carbons (Fsp3) is 0.846. The van der Waals surface area contributed by atoms with Gasteiger partial charge in [0.05, 0.1) is 19.3 Å². The largest absolute Gasteiger partial charge is 0.409 e. The van der Waals surface area contributed by atoms with Crippen molar-refractivity contribution in [1.29, 1.82) is 0 Å². The number of amides is 1. The molecule has 1 aliphatic heterocycles. The summed E-state index contributed by atoms with van der Waals surface area (Å²) in [6.45, 7) is 8.80. The lowest BCUT2D eigenvalue weighted by Crippen LogP contribution is -2.49. The number of oxime groups is 1. The number of carbonyl (C=O) groups excluding carboxylic acids is 1. The maximum absolute atomic E-state index is 12.2. The zero-order valence-corrected chi connectivity index (χ0v) is 12.6. The summed E-state index contributed by atoms with van der Waals surface area (Å²) in [7, 11) is 0. The van der Waals surface area contributed by atoms with E-state index in [1.165, 1.54) is 0 Å². The second-order valence-electron chi connectivity index (χ2n) is 5.73. The van der Waals surface area contributed by atoms with Crippen molar-refractivity contribution >= 4 is 11.7 Å². The Morgan fingerprint density at radius 2 is 2.10 bits per heavy atom. The topological polar surface area (TPSA) is 100 Å². The zero-order valence-electron chi connectivity index (χ0n) is 12.6. The Morgan fingerprint density at radius 3 is 2.65 bits per heavy atom. The normalized spacial score (nSPS) is 18.9. The van der Waals surface area contributed by atoms with Gasteiger partial charge in [-0.1, -0.05) is 19.0 Å². The van der Waals surface area contributed by atoms with E-state index in [1.807, 2.05) is 25.7 Å². The molecule has 0 bridgehead atoms. The van der Waals surface area contributed by atoms with E-state index in [0.717, 1.165) is 0 Å². The lowest BCUT2D eigenvalue weighted by molar-refractivity contribution is -0.137. The third-order valence-electron chi connectivity index (χ3n) is 3.69. The molecule has 116 valence electrons. The minimum Gasteiger partial charge on any atom is -0.409 e. The Labute approximate surface area is 120 Å². The summed E-state index contributed by atoms with van der Waals surface area (Å²) in [5, 5.41) is 14.9. The van der Waals surface area contributed by atoms with Crippen molar-refractivity contribution in [2.24, 2.45) is 16.3 Å². The third kappa shape index (κ3) is 4.64. The number of rotatable bonds is 6. The average molecular weight is 286 g/mol. The lowest BCUT2D eigenvalue weighted by atomic mass is 9.88. The Morgan fingerprint density at radius 1 is 1.50 bits per heavy atom. The van der Waals surface area contributed by atoms with Crippen molar-refractivity contribution in [2.45, 2.75) is 33.2 Å². The predicted molar refractivity (Wildman–Crippen MR) is 76.7 cm³/mol. The Bertz CT molecular complexity index is 352. The van der Waals surface area contributed by atoms with Crippen molar-refractivity contribution in [3.05, 3.63) is 0 Å². The molecule has 0 spiro atoms. The molecular weight excluding hydrogens is 260 g/mol. The number of ether oxygens (including phenoxy) is 1. The lowest BCUT2D eigenvalue weighted by Gasteiger charge is -2.30. The van der Waals surface area contributed by atoms with Crippen LogP contribution in [0.2, 0.25) is 0 Å². The van der Waals surface area contributed by atoms with Gasteiger partial charge in [-0.15, -0.1) is 0 Å². The van der Waals surface area contributed by atoms with Crippen LogP contribution < -0.4 is 11.1 Å². The molecule has 0 radical (unpaired) electrons. The molecule has 1 unspecified atom stereocenters. The summed E-state index contributed by atoms with van der Waals surface area (Å²) in [6, 6.07) is -0.240. The minimum atomic E-state index is -0.399. The van der Waals surface area contributed by atoms with Gasteiger partial charge >= 0.3 is 0 Å². The van der Waals surface area contributed by atoms with E-state index in [2.05, 4.69) is 10.5 Å². The highest BCUT2D eigenvalue weighted by atomic mass is 16.5. The van der Waals surface area contributed by atoms with Gasteiger partial charge in [-0.3, -0.25) is 4.79 Å². The van der Waals surface area contributed by atoms with Crippen LogP contribution in [0.3, 0.4) is 0 Å². The van der Waals surface area contributed by atoms with E-state index >= 15 is 0 Å². The van der Waals surface area contributed by atoms with Gasteiger partial charge in [-0.2, -0.15) is 0 Å². The van der Waals surface area contributed by atoms with Crippen molar-refractivity contribution < 1.29 is 14.7 Å². The Balaban J connectivity index is 2.35. The van der Waals surface area contributed by atoms with Crippen molar-refractivity contribution in [1.82, 2.24) is 10.2 Å². The van der Waals surface area contributed by atoms with Crippen molar-refractivity contribution in [2.75, 3.05) is 32.8 Å². The number of carbonyl (C=O) groups is 1. The highest BCUT2D eigenvalue weighted by molar-refractivity contribution is 5.85. The van der Waals surface area contributed by atoms with Gasteiger partial charge in [0.25, 0.3) is 0 Å². The summed E-state index contributed by atoms with van der Waals surface area (Å²) in [4.78, 5) is 14.0. The molecule has 1 atom stereocenters. The molecule has 0 aromatic heterocycles. The van der Waals surface area contributed by atoms with E-state index in [9.17, 15) is 4.79 Å². The molecule has 7 heteroatoms. The van der Waals surface area contributed by atoms with E-state index in [-0.39, 0.29) is 17.8 Å². The third-order valence-corrected chi connectivity index (χ3v) is 3.69. The van der Waals surface area contributed by atoms with Crippen molar-refractivity contribution in [3.8, 4) is 0 Å². The molecule has 0 saturated carbocycles. The first-order valence-corrected chi connectivity index (χ1v) is 6.96. The molecule has 0 aromatic carbocycles. The monoisotopic (exact) mass is 286 g/mol. The van der Waals surface area contributed by atoms with Crippen LogP contribution >= 0.6 is 0 Å². The van der Waals surface area contributed by atoms with Gasteiger partial charge in [-0.25, -0.2) is 0 Å². The number of hydrogen-bond acceptors (Lipinski definition) is 5. The minimum absolute atomic E-state index is 0.0925. The van der Waals surface area contributed by atoms with Crippen LogP contribution in [0.25, 0.3) is 0 Å². The van der Waals surface area contributed by atoms with Crippen LogP contribution in [-0.4, -0.2) is 60.7 Å². The molecule has 1 saturated heterocycles.